The normalized spacial score (nSPS) is 8.00. The first-order valence-electron chi connectivity index (χ1n) is 2.49. The summed E-state index contributed by atoms with van der Waals surface area (Å²) in [6.07, 6.45) is 1.53. The molecular weight excluding hydrogens is 255 g/mol. The molecule has 0 aliphatic rings. The first-order chi connectivity index (χ1) is 4.30. The van der Waals surface area contributed by atoms with Crippen molar-refractivity contribution in [2.24, 2.45) is 0 Å². The van der Waals surface area contributed by atoms with Crippen molar-refractivity contribution >= 4 is 54.9 Å². The number of carbonyl (C=O) groups excluding carboxylic acids is 1. The third-order valence-electron chi connectivity index (χ3n) is 0.929. The smallest absolute Gasteiger partial charge is 0.539 e. The van der Waals surface area contributed by atoms with Crippen molar-refractivity contribution in [3.63, 3.8) is 0 Å². The molecule has 0 amide bonds. The van der Waals surface area contributed by atoms with Gasteiger partial charge in [0.15, 0.2) is 6.20 Å². The SMILES string of the molecule is O=C([O-])c1cccc[nH+]1.[Ba+2]. The number of carboxylic acids is 1. The number of hydrogen-bond donors (Lipinski definition) is 0. The van der Waals surface area contributed by atoms with E-state index >= 15 is 0 Å². The van der Waals surface area contributed by atoms with Crippen molar-refractivity contribution < 1.29 is 14.9 Å². The summed E-state index contributed by atoms with van der Waals surface area (Å²) in [5, 5.41) is 10.1. The van der Waals surface area contributed by atoms with Gasteiger partial charge in [-0.15, -0.1) is 0 Å². The second kappa shape index (κ2) is 4.92. The zero-order valence-corrected chi connectivity index (χ0v) is 9.77. The molecule has 0 spiro atoms. The second-order valence-corrected chi connectivity index (χ2v) is 1.56. The molecule has 46 valence electrons. The maximum atomic E-state index is 10.1. The van der Waals surface area contributed by atoms with Gasteiger partial charge in [-0.25, -0.2) is 4.98 Å². The molecule has 1 rings (SSSR count). The average molecular weight is 260 g/mol. The zero-order valence-electron chi connectivity index (χ0n) is 5.33. The van der Waals surface area contributed by atoms with E-state index in [1.54, 1.807) is 12.1 Å². The van der Waals surface area contributed by atoms with Crippen molar-refractivity contribution in [2.75, 3.05) is 0 Å². The van der Waals surface area contributed by atoms with Crippen molar-refractivity contribution in [3.05, 3.63) is 30.1 Å². The third-order valence-corrected chi connectivity index (χ3v) is 0.929. The minimum Gasteiger partial charge on any atom is -0.539 e. The van der Waals surface area contributed by atoms with E-state index in [9.17, 15) is 9.90 Å². The van der Waals surface area contributed by atoms with Crippen LogP contribution in [0.15, 0.2) is 24.4 Å². The molecular formula is C6H5BaNO2+2. The Morgan fingerprint density at radius 3 is 2.50 bits per heavy atom. The summed E-state index contributed by atoms with van der Waals surface area (Å²) < 4.78 is 0. The molecule has 4 heteroatoms. The molecule has 0 saturated heterocycles. The molecule has 10 heavy (non-hydrogen) atoms. The maximum absolute atomic E-state index is 10.1. The van der Waals surface area contributed by atoms with E-state index in [0.717, 1.165) is 0 Å². The van der Waals surface area contributed by atoms with E-state index in [1.165, 1.54) is 12.3 Å². The van der Waals surface area contributed by atoms with Crippen LogP contribution in [0.4, 0.5) is 0 Å². The molecule has 0 aliphatic carbocycles. The summed E-state index contributed by atoms with van der Waals surface area (Å²) in [7, 11) is 0. The molecule has 1 N–H and O–H groups in total. The van der Waals surface area contributed by atoms with Crippen LogP contribution in [0.1, 0.15) is 10.5 Å². The predicted octanol–water partition coefficient (Wildman–Crippen LogP) is -1.52. The average Bonchev–Trinajstić information content (AvgIpc) is 1.90. The molecule has 0 saturated carbocycles. The van der Waals surface area contributed by atoms with Crippen molar-refractivity contribution in [1.29, 1.82) is 0 Å². The maximum Gasteiger partial charge on any atom is 2.00 e. The van der Waals surface area contributed by atoms with Crippen LogP contribution in [0.5, 0.6) is 0 Å². The first-order valence-corrected chi connectivity index (χ1v) is 2.49. The van der Waals surface area contributed by atoms with Crippen LogP contribution in [-0.4, -0.2) is 54.9 Å². The van der Waals surface area contributed by atoms with Crippen LogP contribution in [0.2, 0.25) is 0 Å². The van der Waals surface area contributed by atoms with Crippen LogP contribution < -0.4 is 10.1 Å². The van der Waals surface area contributed by atoms with Crippen molar-refractivity contribution in [1.82, 2.24) is 0 Å². The predicted molar refractivity (Wildman–Crippen MR) is 33.1 cm³/mol. The van der Waals surface area contributed by atoms with Crippen LogP contribution in [-0.2, 0) is 0 Å². The second-order valence-electron chi connectivity index (χ2n) is 1.56. The Morgan fingerprint density at radius 2 is 2.20 bits per heavy atom. The van der Waals surface area contributed by atoms with Gasteiger partial charge >= 0.3 is 48.9 Å². The molecule has 1 aromatic heterocycles. The molecule has 0 atom stereocenters. The summed E-state index contributed by atoms with van der Waals surface area (Å²) in [6, 6.07) is 4.77. The number of carbonyl (C=O) groups is 1. The van der Waals surface area contributed by atoms with E-state index in [0.29, 0.717) is 0 Å². The summed E-state index contributed by atoms with van der Waals surface area (Å²) in [5.74, 6) is -1.18. The first kappa shape index (κ1) is 10.2. The van der Waals surface area contributed by atoms with Gasteiger partial charge in [-0.05, 0) is 6.07 Å². The third kappa shape index (κ3) is 2.85. The zero-order chi connectivity index (χ0) is 6.69. The number of hydrogen-bond acceptors (Lipinski definition) is 2. The summed E-state index contributed by atoms with van der Waals surface area (Å²) in [4.78, 5) is 12.6. The van der Waals surface area contributed by atoms with E-state index < -0.39 is 5.97 Å². The summed E-state index contributed by atoms with van der Waals surface area (Å²) in [5.41, 5.74) is 0.0949. The van der Waals surface area contributed by atoms with Crippen LogP contribution >= 0.6 is 0 Å². The Morgan fingerprint density at radius 1 is 1.50 bits per heavy atom. The topological polar surface area (TPSA) is 54.3 Å². The van der Waals surface area contributed by atoms with Gasteiger partial charge in [-0.3, -0.25) is 0 Å². The Kier molecular flexibility index (Phi) is 5.02. The van der Waals surface area contributed by atoms with E-state index in [4.69, 9.17) is 0 Å². The van der Waals surface area contributed by atoms with Gasteiger partial charge in [-0.1, -0.05) is 0 Å². The fourth-order valence-electron chi connectivity index (χ4n) is 0.520. The number of aromatic nitrogens is 1. The molecule has 1 heterocycles. The van der Waals surface area contributed by atoms with Gasteiger partial charge in [0.25, 0.3) is 0 Å². The van der Waals surface area contributed by atoms with Crippen molar-refractivity contribution in [2.45, 2.75) is 0 Å². The largest absolute Gasteiger partial charge is 2.00 e. The van der Waals surface area contributed by atoms with Gasteiger partial charge in [0, 0.05) is 12.1 Å². The molecule has 0 aromatic carbocycles. The number of nitrogens with one attached hydrogen (secondary N) is 1. The molecule has 0 bridgehead atoms. The monoisotopic (exact) mass is 261 g/mol. The van der Waals surface area contributed by atoms with Gasteiger partial charge in [-0.2, -0.15) is 0 Å². The quantitative estimate of drug-likeness (QED) is 0.576. The number of carboxylic acid groups (broad SMARTS) is 1. The number of pyridine rings is 1. The standard InChI is InChI=1S/C6H5NO2.Ba/c8-6(9)5-3-1-2-4-7-5;/h1-4H,(H,8,9);/q;+2. The van der Waals surface area contributed by atoms with Gasteiger partial charge in [0.05, 0.1) is 0 Å². The summed E-state index contributed by atoms with van der Waals surface area (Å²) in [6.45, 7) is 0. The number of H-pyrrole nitrogens is 1. The fourth-order valence-corrected chi connectivity index (χ4v) is 0.520. The van der Waals surface area contributed by atoms with Crippen LogP contribution in [0, 0.1) is 0 Å². The molecule has 0 fully saturated rings. The van der Waals surface area contributed by atoms with E-state index in [2.05, 4.69) is 4.98 Å². The number of rotatable bonds is 1. The fraction of sp³-hybridized carbons (Fsp3) is 0. The van der Waals surface area contributed by atoms with Crippen molar-refractivity contribution in [3.8, 4) is 0 Å². The summed E-state index contributed by atoms with van der Waals surface area (Å²) >= 11 is 0. The van der Waals surface area contributed by atoms with Crippen LogP contribution in [0.25, 0.3) is 0 Å². The minimum absolute atomic E-state index is 0. The minimum atomic E-state index is -1.18. The Bertz CT molecular complexity index is 212. The van der Waals surface area contributed by atoms with E-state index in [1.807, 2.05) is 0 Å². The van der Waals surface area contributed by atoms with Gasteiger partial charge in [0.1, 0.15) is 5.97 Å². The van der Waals surface area contributed by atoms with Gasteiger partial charge < -0.3 is 9.90 Å². The molecule has 3 nitrogen and oxygen atoms in total. The van der Waals surface area contributed by atoms with E-state index in [-0.39, 0.29) is 54.6 Å². The number of aromatic carboxylic acids is 1. The molecule has 0 aliphatic heterocycles. The van der Waals surface area contributed by atoms with Crippen LogP contribution in [0.3, 0.4) is 0 Å². The Balaban J connectivity index is 0.000000810. The number of aromatic amines is 1. The molecule has 0 unspecified atom stereocenters. The molecule has 0 radical (unpaired) electrons. The van der Waals surface area contributed by atoms with Gasteiger partial charge in [0.2, 0.25) is 5.69 Å². The Hall–Kier alpha value is 0.191. The molecule has 1 aromatic rings. The Labute approximate surface area is 98.5 Å².